The molecule has 0 radical (unpaired) electrons. The number of hydrogen-bond donors (Lipinski definition) is 2. The molecule has 0 spiro atoms. The number of alkyl halides is 3. The fourth-order valence-corrected chi connectivity index (χ4v) is 2.24. The fourth-order valence-electron chi connectivity index (χ4n) is 1.57. The summed E-state index contributed by atoms with van der Waals surface area (Å²) in [6, 6.07) is 7.79. The second-order valence-corrected chi connectivity index (χ2v) is 7.41. The Morgan fingerprint density at radius 1 is 1.18 bits per heavy atom. The third-order valence-corrected chi connectivity index (χ3v) is 3.80. The largest absolute Gasteiger partial charge is 0.459 e. The third-order valence-electron chi connectivity index (χ3n) is 2.58. The van der Waals surface area contributed by atoms with Crippen molar-refractivity contribution < 1.29 is 9.21 Å². The maximum absolute atomic E-state index is 12.0. The summed E-state index contributed by atoms with van der Waals surface area (Å²) in [6.45, 7) is 0. The van der Waals surface area contributed by atoms with Crippen molar-refractivity contribution in [3.8, 4) is 0 Å². The maximum Gasteiger partial charge on any atom is 0.288 e. The minimum absolute atomic E-state index is 0.0817. The van der Waals surface area contributed by atoms with Crippen LogP contribution in [0.1, 0.15) is 10.6 Å². The lowest BCUT2D eigenvalue weighted by Crippen LogP contribution is -2.49. The molecule has 2 rings (SSSR count). The van der Waals surface area contributed by atoms with E-state index in [2.05, 4.69) is 10.6 Å². The molecule has 0 aliphatic rings. The first-order chi connectivity index (χ1) is 10.3. The van der Waals surface area contributed by atoms with E-state index < -0.39 is 15.9 Å². The zero-order valence-corrected chi connectivity index (χ0v) is 14.5. The van der Waals surface area contributed by atoms with E-state index in [-0.39, 0.29) is 5.76 Å². The molecule has 0 aliphatic heterocycles. The van der Waals surface area contributed by atoms with Crippen molar-refractivity contribution in [2.75, 3.05) is 5.32 Å². The Balaban J connectivity index is 2.20. The molecule has 1 amide bonds. The number of rotatable bonds is 4. The molecule has 0 saturated heterocycles. The Hall–Kier alpha value is -0.780. The van der Waals surface area contributed by atoms with E-state index in [0.29, 0.717) is 15.7 Å². The number of carbonyl (C=O) groups is 1. The number of nitrogens with one attached hydrogen (secondary N) is 2. The predicted molar refractivity (Wildman–Crippen MR) is 90.3 cm³/mol. The van der Waals surface area contributed by atoms with Crippen LogP contribution in [0, 0.1) is 0 Å². The van der Waals surface area contributed by atoms with Crippen LogP contribution in [0.2, 0.25) is 10.0 Å². The number of anilines is 1. The maximum atomic E-state index is 12.0. The van der Waals surface area contributed by atoms with Gasteiger partial charge in [-0.2, -0.15) is 0 Å². The fraction of sp³-hybridized carbons (Fsp3) is 0.154. The van der Waals surface area contributed by atoms with Gasteiger partial charge in [0.15, 0.2) is 5.76 Å². The zero-order chi connectivity index (χ0) is 16.3. The van der Waals surface area contributed by atoms with Crippen molar-refractivity contribution >= 4 is 69.6 Å². The van der Waals surface area contributed by atoms with Gasteiger partial charge in [0, 0.05) is 5.02 Å². The predicted octanol–water partition coefficient (Wildman–Crippen LogP) is 5.12. The first-order valence-electron chi connectivity index (χ1n) is 5.90. The van der Waals surface area contributed by atoms with Gasteiger partial charge in [-0.05, 0) is 30.3 Å². The van der Waals surface area contributed by atoms with E-state index in [1.54, 1.807) is 24.3 Å². The number of benzene rings is 1. The lowest BCUT2D eigenvalue weighted by molar-refractivity contribution is 0.0914. The molecule has 22 heavy (non-hydrogen) atoms. The molecule has 0 aliphatic carbocycles. The molecule has 1 heterocycles. The second kappa shape index (κ2) is 7.20. The topological polar surface area (TPSA) is 54.3 Å². The van der Waals surface area contributed by atoms with Crippen LogP contribution < -0.4 is 10.6 Å². The molecule has 0 fully saturated rings. The van der Waals surface area contributed by atoms with Crippen LogP contribution in [-0.2, 0) is 0 Å². The molecule has 0 bridgehead atoms. The highest BCUT2D eigenvalue weighted by molar-refractivity contribution is 6.68. The first kappa shape index (κ1) is 17.6. The van der Waals surface area contributed by atoms with Crippen LogP contribution in [0.15, 0.2) is 41.0 Å². The lowest BCUT2D eigenvalue weighted by atomic mass is 10.3. The van der Waals surface area contributed by atoms with Crippen molar-refractivity contribution in [2.24, 2.45) is 0 Å². The number of furan rings is 1. The standard InChI is InChI=1S/C13H9Cl5N2O2/c14-7-3-4-8(15)9(6-7)19-12(13(16,17)18)20-11(21)10-2-1-5-22-10/h1-6,12,19H,(H,20,21). The molecule has 1 aromatic heterocycles. The van der Waals surface area contributed by atoms with E-state index >= 15 is 0 Å². The molecule has 2 aromatic rings. The van der Waals surface area contributed by atoms with Crippen LogP contribution in [0.3, 0.4) is 0 Å². The van der Waals surface area contributed by atoms with Gasteiger partial charge in [0.2, 0.25) is 3.79 Å². The van der Waals surface area contributed by atoms with Gasteiger partial charge >= 0.3 is 0 Å². The van der Waals surface area contributed by atoms with Crippen LogP contribution in [0.25, 0.3) is 0 Å². The van der Waals surface area contributed by atoms with Crippen molar-refractivity contribution in [1.82, 2.24) is 5.32 Å². The molecule has 1 unspecified atom stereocenters. The normalized spacial score (nSPS) is 12.8. The molecule has 9 heteroatoms. The van der Waals surface area contributed by atoms with Crippen LogP contribution in [0.4, 0.5) is 5.69 Å². The molecule has 1 atom stereocenters. The molecular weight excluding hydrogens is 393 g/mol. The van der Waals surface area contributed by atoms with Crippen LogP contribution >= 0.6 is 58.0 Å². The van der Waals surface area contributed by atoms with Gasteiger partial charge in [0.05, 0.1) is 17.0 Å². The molecule has 2 N–H and O–H groups in total. The highest BCUT2D eigenvalue weighted by Gasteiger charge is 2.35. The van der Waals surface area contributed by atoms with Crippen molar-refractivity contribution in [1.29, 1.82) is 0 Å². The van der Waals surface area contributed by atoms with Gasteiger partial charge in [-0.25, -0.2) is 0 Å². The van der Waals surface area contributed by atoms with Crippen molar-refractivity contribution in [3.63, 3.8) is 0 Å². The van der Waals surface area contributed by atoms with E-state index in [1.807, 2.05) is 0 Å². The molecular formula is C13H9Cl5N2O2. The molecule has 118 valence electrons. The Bertz CT molecular complexity index is 655. The third kappa shape index (κ3) is 4.61. The van der Waals surface area contributed by atoms with E-state index in [0.717, 1.165) is 0 Å². The quantitative estimate of drug-likeness (QED) is 0.551. The number of amides is 1. The Kier molecular flexibility index (Phi) is 5.75. The summed E-state index contributed by atoms with van der Waals surface area (Å²) >= 11 is 29.6. The number of carbonyl (C=O) groups excluding carboxylic acids is 1. The summed E-state index contributed by atoms with van der Waals surface area (Å²) in [5.74, 6) is -0.467. The summed E-state index contributed by atoms with van der Waals surface area (Å²) in [7, 11) is 0. The summed E-state index contributed by atoms with van der Waals surface area (Å²) in [6.07, 6.45) is 0.298. The minimum Gasteiger partial charge on any atom is -0.459 e. The summed E-state index contributed by atoms with van der Waals surface area (Å²) in [5, 5.41) is 6.14. The van der Waals surface area contributed by atoms with Crippen LogP contribution in [-0.4, -0.2) is 15.9 Å². The Morgan fingerprint density at radius 2 is 1.91 bits per heavy atom. The Morgan fingerprint density at radius 3 is 2.50 bits per heavy atom. The number of halogens is 5. The van der Waals surface area contributed by atoms with Gasteiger partial charge in [-0.1, -0.05) is 58.0 Å². The summed E-state index contributed by atoms with van der Waals surface area (Å²) in [5.41, 5.74) is 0.408. The summed E-state index contributed by atoms with van der Waals surface area (Å²) in [4.78, 5) is 12.0. The highest BCUT2D eigenvalue weighted by atomic mass is 35.6. The highest BCUT2D eigenvalue weighted by Crippen LogP contribution is 2.33. The second-order valence-electron chi connectivity index (χ2n) is 4.19. The van der Waals surface area contributed by atoms with Gasteiger partial charge in [-0.3, -0.25) is 4.79 Å². The van der Waals surface area contributed by atoms with E-state index in [4.69, 9.17) is 62.4 Å². The average Bonchev–Trinajstić information content (AvgIpc) is 2.95. The zero-order valence-electron chi connectivity index (χ0n) is 10.7. The summed E-state index contributed by atoms with van der Waals surface area (Å²) < 4.78 is 3.15. The van der Waals surface area contributed by atoms with Gasteiger partial charge in [0.1, 0.15) is 6.17 Å². The Labute approximate surface area is 151 Å². The van der Waals surface area contributed by atoms with E-state index in [1.165, 1.54) is 12.3 Å². The lowest BCUT2D eigenvalue weighted by Gasteiger charge is -2.27. The van der Waals surface area contributed by atoms with Gasteiger partial charge in [-0.15, -0.1) is 0 Å². The van der Waals surface area contributed by atoms with Crippen molar-refractivity contribution in [2.45, 2.75) is 9.96 Å². The molecule has 1 aromatic carbocycles. The minimum atomic E-state index is -1.84. The van der Waals surface area contributed by atoms with Gasteiger partial charge < -0.3 is 15.1 Å². The smallest absolute Gasteiger partial charge is 0.288 e. The van der Waals surface area contributed by atoms with E-state index in [9.17, 15) is 4.79 Å². The molecule has 0 saturated carbocycles. The monoisotopic (exact) mass is 400 g/mol. The first-order valence-corrected chi connectivity index (χ1v) is 7.79. The average molecular weight is 402 g/mol. The SMILES string of the molecule is O=C(NC(Nc1cc(Cl)ccc1Cl)C(Cl)(Cl)Cl)c1ccco1. The number of hydrogen-bond acceptors (Lipinski definition) is 3. The molecule has 4 nitrogen and oxygen atoms in total. The van der Waals surface area contributed by atoms with Crippen molar-refractivity contribution in [3.05, 3.63) is 52.4 Å². The van der Waals surface area contributed by atoms with Crippen LogP contribution in [0.5, 0.6) is 0 Å². The van der Waals surface area contributed by atoms with Gasteiger partial charge in [0.25, 0.3) is 5.91 Å².